The van der Waals surface area contributed by atoms with Crippen LogP contribution in [0.4, 0.5) is 5.82 Å². The molecule has 0 aromatic carbocycles. The van der Waals surface area contributed by atoms with Gasteiger partial charge in [-0.2, -0.15) is 0 Å². The lowest BCUT2D eigenvalue weighted by Gasteiger charge is -2.28. The lowest BCUT2D eigenvalue weighted by molar-refractivity contribution is 0.654. The van der Waals surface area contributed by atoms with Gasteiger partial charge in [-0.1, -0.05) is 6.92 Å². The number of hydrogen-bond acceptors (Lipinski definition) is 3. The Hall–Kier alpha value is -0.610. The zero-order valence-corrected chi connectivity index (χ0v) is 13.4. The minimum atomic E-state index is 0.466. The summed E-state index contributed by atoms with van der Waals surface area (Å²) >= 11 is 3.50. The lowest BCUT2D eigenvalue weighted by atomic mass is 10.2. The van der Waals surface area contributed by atoms with Crippen LogP contribution in [-0.4, -0.2) is 24.1 Å². The van der Waals surface area contributed by atoms with Crippen molar-refractivity contribution >= 4 is 21.7 Å². The molecule has 0 saturated heterocycles. The van der Waals surface area contributed by atoms with Crippen LogP contribution in [0.5, 0.6) is 0 Å². The molecule has 1 heterocycles. The highest BCUT2D eigenvalue weighted by molar-refractivity contribution is 9.10. The van der Waals surface area contributed by atoms with E-state index < -0.39 is 0 Å². The molecule has 102 valence electrons. The topological polar surface area (TPSA) is 28.2 Å². The number of rotatable bonds is 7. The van der Waals surface area contributed by atoms with Crippen LogP contribution < -0.4 is 10.2 Å². The Morgan fingerprint density at radius 1 is 1.39 bits per heavy atom. The normalized spacial score (nSPS) is 11.0. The van der Waals surface area contributed by atoms with E-state index in [2.05, 4.69) is 64.9 Å². The smallest absolute Gasteiger partial charge is 0.133 e. The molecular formula is C14H24BrN3. The van der Waals surface area contributed by atoms with Crippen molar-refractivity contribution in [1.82, 2.24) is 10.3 Å². The predicted molar refractivity (Wildman–Crippen MR) is 82.1 cm³/mol. The molecule has 1 aromatic rings. The SMILES string of the molecule is CCCNCc1cc(Br)cnc1N(CC)C(C)C. The van der Waals surface area contributed by atoms with E-state index in [1.165, 1.54) is 5.56 Å². The van der Waals surface area contributed by atoms with Gasteiger partial charge in [-0.25, -0.2) is 4.98 Å². The Balaban J connectivity index is 2.94. The Morgan fingerprint density at radius 3 is 2.67 bits per heavy atom. The van der Waals surface area contributed by atoms with Gasteiger partial charge in [0.05, 0.1) is 0 Å². The molecule has 0 amide bonds. The molecule has 1 aromatic heterocycles. The fourth-order valence-corrected chi connectivity index (χ4v) is 2.40. The number of aromatic nitrogens is 1. The Morgan fingerprint density at radius 2 is 2.11 bits per heavy atom. The van der Waals surface area contributed by atoms with E-state index in [-0.39, 0.29) is 0 Å². The van der Waals surface area contributed by atoms with Crippen molar-refractivity contribution in [3.05, 3.63) is 22.3 Å². The van der Waals surface area contributed by atoms with Gasteiger partial charge in [0.25, 0.3) is 0 Å². The summed E-state index contributed by atoms with van der Waals surface area (Å²) in [6.07, 6.45) is 3.03. The van der Waals surface area contributed by atoms with Crippen LogP contribution in [-0.2, 0) is 6.54 Å². The van der Waals surface area contributed by atoms with Gasteiger partial charge in [-0.3, -0.25) is 0 Å². The Bertz CT molecular complexity index is 366. The number of halogens is 1. The van der Waals surface area contributed by atoms with Crippen LogP contribution in [0.25, 0.3) is 0 Å². The molecule has 0 aliphatic carbocycles. The van der Waals surface area contributed by atoms with Crippen LogP contribution in [0.2, 0.25) is 0 Å². The van der Waals surface area contributed by atoms with E-state index in [4.69, 9.17) is 0 Å². The molecule has 1 N–H and O–H groups in total. The summed E-state index contributed by atoms with van der Waals surface area (Å²) < 4.78 is 1.04. The zero-order chi connectivity index (χ0) is 13.5. The molecule has 0 aliphatic heterocycles. The monoisotopic (exact) mass is 313 g/mol. The quantitative estimate of drug-likeness (QED) is 0.780. The first-order chi connectivity index (χ1) is 8.60. The number of anilines is 1. The van der Waals surface area contributed by atoms with Crippen molar-refractivity contribution < 1.29 is 0 Å². The van der Waals surface area contributed by atoms with Gasteiger partial charge in [0, 0.05) is 35.4 Å². The van der Waals surface area contributed by atoms with Crippen molar-refractivity contribution in [2.75, 3.05) is 18.0 Å². The maximum Gasteiger partial charge on any atom is 0.133 e. The first-order valence-electron chi connectivity index (χ1n) is 6.71. The fraction of sp³-hybridized carbons (Fsp3) is 0.643. The molecule has 0 spiro atoms. The van der Waals surface area contributed by atoms with E-state index in [1.807, 2.05) is 6.20 Å². The van der Waals surface area contributed by atoms with E-state index in [0.29, 0.717) is 6.04 Å². The molecular weight excluding hydrogens is 290 g/mol. The van der Waals surface area contributed by atoms with Gasteiger partial charge in [0.2, 0.25) is 0 Å². The lowest BCUT2D eigenvalue weighted by Crippen LogP contribution is -2.32. The molecule has 0 saturated carbocycles. The highest BCUT2D eigenvalue weighted by atomic mass is 79.9. The maximum absolute atomic E-state index is 4.59. The van der Waals surface area contributed by atoms with Crippen molar-refractivity contribution in [3.8, 4) is 0 Å². The number of nitrogens with zero attached hydrogens (tertiary/aromatic N) is 2. The summed E-state index contributed by atoms with van der Waals surface area (Å²) in [6, 6.07) is 2.63. The van der Waals surface area contributed by atoms with Crippen molar-refractivity contribution in [3.63, 3.8) is 0 Å². The molecule has 18 heavy (non-hydrogen) atoms. The van der Waals surface area contributed by atoms with Crippen molar-refractivity contribution in [2.24, 2.45) is 0 Å². The molecule has 0 aliphatic rings. The average molecular weight is 314 g/mol. The third-order valence-corrected chi connectivity index (χ3v) is 3.32. The molecule has 1 rings (SSSR count). The molecule has 0 fully saturated rings. The number of pyridine rings is 1. The fourth-order valence-electron chi connectivity index (χ4n) is 2.02. The van der Waals surface area contributed by atoms with Crippen LogP contribution >= 0.6 is 15.9 Å². The molecule has 3 nitrogen and oxygen atoms in total. The first-order valence-corrected chi connectivity index (χ1v) is 7.51. The van der Waals surface area contributed by atoms with Crippen molar-refractivity contribution in [1.29, 1.82) is 0 Å². The Labute approximate surface area is 119 Å². The molecule has 0 radical (unpaired) electrons. The summed E-state index contributed by atoms with van der Waals surface area (Å²) in [5.41, 5.74) is 1.26. The second kappa shape index (κ2) is 7.74. The highest BCUT2D eigenvalue weighted by Gasteiger charge is 2.14. The van der Waals surface area contributed by atoms with Gasteiger partial charge in [0.15, 0.2) is 0 Å². The highest BCUT2D eigenvalue weighted by Crippen LogP contribution is 2.23. The third kappa shape index (κ3) is 4.25. The molecule has 4 heteroatoms. The summed E-state index contributed by atoms with van der Waals surface area (Å²) in [5, 5.41) is 3.45. The van der Waals surface area contributed by atoms with Crippen LogP contribution in [0.3, 0.4) is 0 Å². The van der Waals surface area contributed by atoms with Gasteiger partial charge in [0.1, 0.15) is 5.82 Å². The van der Waals surface area contributed by atoms with Gasteiger partial charge < -0.3 is 10.2 Å². The predicted octanol–water partition coefficient (Wildman–Crippen LogP) is 3.58. The minimum Gasteiger partial charge on any atom is -0.354 e. The van der Waals surface area contributed by atoms with Crippen LogP contribution in [0.1, 0.15) is 39.7 Å². The minimum absolute atomic E-state index is 0.466. The van der Waals surface area contributed by atoms with Crippen LogP contribution in [0, 0.1) is 0 Å². The van der Waals surface area contributed by atoms with E-state index in [0.717, 1.165) is 36.3 Å². The van der Waals surface area contributed by atoms with Gasteiger partial charge in [-0.15, -0.1) is 0 Å². The van der Waals surface area contributed by atoms with E-state index in [9.17, 15) is 0 Å². The second-order valence-corrected chi connectivity index (χ2v) is 5.61. The van der Waals surface area contributed by atoms with E-state index >= 15 is 0 Å². The van der Waals surface area contributed by atoms with E-state index in [1.54, 1.807) is 0 Å². The first kappa shape index (κ1) is 15.4. The van der Waals surface area contributed by atoms with Gasteiger partial charge >= 0.3 is 0 Å². The molecule has 0 bridgehead atoms. The van der Waals surface area contributed by atoms with Crippen molar-refractivity contribution in [2.45, 2.75) is 46.7 Å². The third-order valence-electron chi connectivity index (χ3n) is 2.89. The second-order valence-electron chi connectivity index (χ2n) is 4.69. The summed E-state index contributed by atoms with van der Waals surface area (Å²) in [7, 11) is 0. The standard InChI is InChI=1S/C14H24BrN3/c1-5-7-16-9-12-8-13(15)10-17-14(12)18(6-2)11(3)4/h8,10-11,16H,5-7,9H2,1-4H3. The number of hydrogen-bond donors (Lipinski definition) is 1. The largest absolute Gasteiger partial charge is 0.354 e. The molecule has 0 unspecified atom stereocenters. The molecule has 0 atom stereocenters. The average Bonchev–Trinajstić information content (AvgIpc) is 2.32. The zero-order valence-electron chi connectivity index (χ0n) is 11.8. The maximum atomic E-state index is 4.59. The summed E-state index contributed by atoms with van der Waals surface area (Å²) in [5.74, 6) is 1.10. The summed E-state index contributed by atoms with van der Waals surface area (Å²) in [6.45, 7) is 11.7. The number of nitrogens with one attached hydrogen (secondary N) is 1. The summed E-state index contributed by atoms with van der Waals surface area (Å²) in [4.78, 5) is 6.92. The Kier molecular flexibility index (Phi) is 6.65. The van der Waals surface area contributed by atoms with Gasteiger partial charge in [-0.05, 0) is 55.7 Å². The van der Waals surface area contributed by atoms with Crippen LogP contribution in [0.15, 0.2) is 16.7 Å².